The first-order chi connectivity index (χ1) is 16.5. The lowest BCUT2D eigenvalue weighted by atomic mass is 10.1. The van der Waals surface area contributed by atoms with Gasteiger partial charge in [0, 0.05) is 43.1 Å². The standard InChI is InChI=1S/C24H25ClN4O4S2/c1-24(2,3)33-23(30)28-14-12-27(13-15-28)22-17-10-11-29(35(31,32)20-9-8-19(25)34-20)21(17)16-6-4-5-7-18(16)26-22/h4-11H,12-15H2,1-3H3. The van der Waals surface area contributed by atoms with Crippen LogP contribution in [0.2, 0.25) is 4.34 Å². The van der Waals surface area contributed by atoms with E-state index in [0.29, 0.717) is 47.4 Å². The number of para-hydroxylation sites is 1. The molecule has 3 aromatic heterocycles. The Kier molecular flexibility index (Phi) is 5.93. The van der Waals surface area contributed by atoms with Crippen LogP contribution in [0, 0.1) is 0 Å². The number of nitrogens with zero attached hydrogens (tertiary/aromatic N) is 4. The summed E-state index contributed by atoms with van der Waals surface area (Å²) in [4.78, 5) is 21.2. The second kappa shape index (κ2) is 8.69. The fourth-order valence-electron chi connectivity index (χ4n) is 4.21. The number of carbonyl (C=O) groups excluding carboxylic acids is 1. The van der Waals surface area contributed by atoms with Crippen LogP contribution in [0.1, 0.15) is 20.8 Å². The van der Waals surface area contributed by atoms with Crippen molar-refractivity contribution >= 4 is 66.7 Å². The Labute approximate surface area is 212 Å². The van der Waals surface area contributed by atoms with Crippen LogP contribution in [-0.2, 0) is 14.8 Å². The molecule has 4 aromatic rings. The van der Waals surface area contributed by atoms with E-state index in [1.54, 1.807) is 23.2 Å². The van der Waals surface area contributed by atoms with E-state index in [1.807, 2.05) is 45.0 Å². The van der Waals surface area contributed by atoms with Crippen LogP contribution < -0.4 is 4.90 Å². The van der Waals surface area contributed by atoms with Crippen molar-refractivity contribution in [2.45, 2.75) is 30.6 Å². The number of ether oxygens (including phenoxy) is 1. The molecule has 0 bridgehead atoms. The van der Waals surface area contributed by atoms with Crippen molar-refractivity contribution in [2.24, 2.45) is 0 Å². The molecule has 1 aliphatic rings. The van der Waals surface area contributed by atoms with E-state index in [9.17, 15) is 13.2 Å². The number of anilines is 1. The molecule has 5 rings (SSSR count). The van der Waals surface area contributed by atoms with E-state index >= 15 is 0 Å². The maximum absolute atomic E-state index is 13.5. The lowest BCUT2D eigenvalue weighted by Crippen LogP contribution is -2.50. The van der Waals surface area contributed by atoms with Gasteiger partial charge in [0.1, 0.15) is 15.6 Å². The third-order valence-electron chi connectivity index (χ3n) is 5.77. The summed E-state index contributed by atoms with van der Waals surface area (Å²) in [6.07, 6.45) is 1.24. The van der Waals surface area contributed by atoms with Gasteiger partial charge < -0.3 is 14.5 Å². The summed E-state index contributed by atoms with van der Waals surface area (Å²) in [7, 11) is -3.84. The number of piperazine rings is 1. The highest BCUT2D eigenvalue weighted by atomic mass is 35.5. The van der Waals surface area contributed by atoms with Crippen LogP contribution in [0.5, 0.6) is 0 Å². The first-order valence-electron chi connectivity index (χ1n) is 11.2. The highest BCUT2D eigenvalue weighted by molar-refractivity contribution is 7.92. The summed E-state index contributed by atoms with van der Waals surface area (Å²) in [5.74, 6) is 0.695. The number of fused-ring (bicyclic) bond motifs is 3. The van der Waals surface area contributed by atoms with E-state index in [-0.39, 0.29) is 10.3 Å². The summed E-state index contributed by atoms with van der Waals surface area (Å²) in [6, 6.07) is 12.4. The van der Waals surface area contributed by atoms with Crippen molar-refractivity contribution in [3.63, 3.8) is 0 Å². The van der Waals surface area contributed by atoms with Crippen LogP contribution in [0.3, 0.4) is 0 Å². The largest absolute Gasteiger partial charge is 0.444 e. The molecule has 1 fully saturated rings. The van der Waals surface area contributed by atoms with Crippen LogP contribution in [0.25, 0.3) is 21.8 Å². The average molecular weight is 533 g/mol. The van der Waals surface area contributed by atoms with Crippen molar-refractivity contribution in [1.29, 1.82) is 0 Å². The Morgan fingerprint density at radius 2 is 1.74 bits per heavy atom. The maximum Gasteiger partial charge on any atom is 0.410 e. The van der Waals surface area contributed by atoms with Crippen LogP contribution >= 0.6 is 22.9 Å². The van der Waals surface area contributed by atoms with Gasteiger partial charge in [0.2, 0.25) is 0 Å². The summed E-state index contributed by atoms with van der Waals surface area (Å²) < 4.78 is 34.4. The number of pyridine rings is 1. The van der Waals surface area contributed by atoms with Crippen molar-refractivity contribution in [2.75, 3.05) is 31.1 Å². The van der Waals surface area contributed by atoms with Gasteiger partial charge in [-0.1, -0.05) is 29.8 Å². The number of halogens is 1. The van der Waals surface area contributed by atoms with E-state index in [4.69, 9.17) is 21.3 Å². The number of hydrogen-bond donors (Lipinski definition) is 0. The maximum atomic E-state index is 13.5. The monoisotopic (exact) mass is 532 g/mol. The Balaban J connectivity index is 1.55. The summed E-state index contributed by atoms with van der Waals surface area (Å²) in [5, 5.41) is 1.48. The fourth-order valence-corrected chi connectivity index (χ4v) is 7.14. The summed E-state index contributed by atoms with van der Waals surface area (Å²) in [5.41, 5.74) is 0.718. The summed E-state index contributed by atoms with van der Waals surface area (Å²) in [6.45, 7) is 7.62. The molecule has 0 N–H and O–H groups in total. The molecule has 184 valence electrons. The minimum absolute atomic E-state index is 0.174. The zero-order valence-corrected chi connectivity index (χ0v) is 22.0. The van der Waals surface area contributed by atoms with E-state index in [1.165, 1.54) is 10.0 Å². The SMILES string of the molecule is CC(C)(C)OC(=O)N1CCN(c2nc3ccccc3c3c2ccn3S(=O)(=O)c2ccc(Cl)s2)CC1. The molecule has 0 spiro atoms. The molecule has 8 nitrogen and oxygen atoms in total. The first-order valence-corrected chi connectivity index (χ1v) is 13.8. The lowest BCUT2D eigenvalue weighted by molar-refractivity contribution is 0.0240. The molecule has 35 heavy (non-hydrogen) atoms. The second-order valence-corrected chi connectivity index (χ2v) is 13.1. The quantitative estimate of drug-likeness (QED) is 0.360. The molecule has 11 heteroatoms. The van der Waals surface area contributed by atoms with Gasteiger partial charge in [-0.15, -0.1) is 11.3 Å². The number of carbonyl (C=O) groups is 1. The zero-order chi connectivity index (χ0) is 25.0. The van der Waals surface area contributed by atoms with Crippen LogP contribution in [0.4, 0.5) is 10.6 Å². The number of aromatic nitrogens is 2. The fraction of sp³-hybridized carbons (Fsp3) is 0.333. The molecule has 1 saturated heterocycles. The number of amides is 1. The number of thiophene rings is 1. The third-order valence-corrected chi connectivity index (χ3v) is 9.15. The van der Waals surface area contributed by atoms with Crippen molar-refractivity contribution in [1.82, 2.24) is 13.9 Å². The smallest absolute Gasteiger partial charge is 0.410 e. The van der Waals surface area contributed by atoms with Gasteiger partial charge in [-0.2, -0.15) is 8.42 Å². The predicted octanol–water partition coefficient (Wildman–Crippen LogP) is 5.20. The Bertz CT molecular complexity index is 1530. The van der Waals surface area contributed by atoms with Crippen molar-refractivity contribution < 1.29 is 17.9 Å². The number of benzene rings is 1. The molecule has 1 aromatic carbocycles. The topological polar surface area (TPSA) is 84.7 Å². The normalized spacial score (nSPS) is 15.2. The molecule has 0 saturated carbocycles. The van der Waals surface area contributed by atoms with Crippen molar-refractivity contribution in [3.05, 3.63) is 53.0 Å². The number of rotatable bonds is 3. The molecule has 0 aliphatic carbocycles. The Morgan fingerprint density at radius 3 is 2.40 bits per heavy atom. The minimum Gasteiger partial charge on any atom is -0.444 e. The molecule has 1 amide bonds. The molecule has 0 radical (unpaired) electrons. The minimum atomic E-state index is -3.84. The molecule has 0 atom stereocenters. The third kappa shape index (κ3) is 4.46. The van der Waals surface area contributed by atoms with Gasteiger partial charge in [0.25, 0.3) is 10.0 Å². The highest BCUT2D eigenvalue weighted by Crippen LogP contribution is 2.36. The van der Waals surface area contributed by atoms with Gasteiger partial charge in [-0.05, 0) is 45.0 Å². The molecular weight excluding hydrogens is 508 g/mol. The van der Waals surface area contributed by atoms with Gasteiger partial charge >= 0.3 is 6.09 Å². The molecule has 4 heterocycles. The Morgan fingerprint density at radius 1 is 1.03 bits per heavy atom. The van der Waals surface area contributed by atoms with Crippen molar-refractivity contribution in [3.8, 4) is 0 Å². The van der Waals surface area contributed by atoms with Gasteiger partial charge in [0.05, 0.1) is 15.4 Å². The van der Waals surface area contributed by atoms with Gasteiger partial charge in [0.15, 0.2) is 0 Å². The van der Waals surface area contributed by atoms with E-state index in [2.05, 4.69) is 4.90 Å². The predicted molar refractivity (Wildman–Crippen MR) is 139 cm³/mol. The van der Waals surface area contributed by atoms with E-state index in [0.717, 1.165) is 22.1 Å². The lowest BCUT2D eigenvalue weighted by Gasteiger charge is -2.36. The molecular formula is C24H25ClN4O4S2. The first kappa shape index (κ1) is 23.9. The molecule has 0 unspecified atom stereocenters. The van der Waals surface area contributed by atoms with E-state index < -0.39 is 15.6 Å². The van der Waals surface area contributed by atoms with Gasteiger partial charge in [-0.3, -0.25) is 0 Å². The highest BCUT2D eigenvalue weighted by Gasteiger charge is 2.29. The van der Waals surface area contributed by atoms with Crippen LogP contribution in [0.15, 0.2) is 52.9 Å². The number of hydrogen-bond acceptors (Lipinski definition) is 7. The zero-order valence-electron chi connectivity index (χ0n) is 19.6. The Hall–Kier alpha value is -2.82. The van der Waals surface area contributed by atoms with Crippen LogP contribution in [-0.4, -0.2) is 60.1 Å². The second-order valence-electron chi connectivity index (χ2n) is 9.34. The molecule has 1 aliphatic heterocycles. The van der Waals surface area contributed by atoms with Gasteiger partial charge in [-0.25, -0.2) is 13.8 Å². The average Bonchev–Trinajstić information content (AvgIpc) is 3.45. The summed E-state index contributed by atoms with van der Waals surface area (Å²) >= 11 is 7.06.